The lowest BCUT2D eigenvalue weighted by atomic mass is 10.2. The summed E-state index contributed by atoms with van der Waals surface area (Å²) in [4.78, 5) is 17.8. The van der Waals surface area contributed by atoms with Crippen molar-refractivity contribution < 1.29 is 9.53 Å². The predicted molar refractivity (Wildman–Crippen MR) is 79.4 cm³/mol. The highest BCUT2D eigenvalue weighted by Gasteiger charge is 2.17. The number of pyridine rings is 1. The van der Waals surface area contributed by atoms with Crippen molar-refractivity contribution in [1.29, 1.82) is 0 Å². The van der Waals surface area contributed by atoms with Gasteiger partial charge in [0.25, 0.3) is 5.91 Å². The van der Waals surface area contributed by atoms with Crippen molar-refractivity contribution in [2.24, 2.45) is 0 Å². The lowest BCUT2D eigenvalue weighted by Crippen LogP contribution is -2.26. The summed E-state index contributed by atoms with van der Waals surface area (Å²) in [6.45, 7) is 0. The molecule has 0 aliphatic rings. The first kappa shape index (κ1) is 14.1. The van der Waals surface area contributed by atoms with Gasteiger partial charge in [0.2, 0.25) is 0 Å². The van der Waals surface area contributed by atoms with Gasteiger partial charge in [-0.25, -0.2) is 4.98 Å². The number of carbonyl (C=O) groups excluding carboxylic acids is 1. The highest BCUT2D eigenvalue weighted by molar-refractivity contribution is 6.33. The van der Waals surface area contributed by atoms with Crippen LogP contribution in [0.5, 0.6) is 5.75 Å². The molecule has 0 saturated carbocycles. The van der Waals surface area contributed by atoms with E-state index < -0.39 is 0 Å². The van der Waals surface area contributed by atoms with Crippen LogP contribution in [0.25, 0.3) is 0 Å². The zero-order chi connectivity index (χ0) is 14.7. The quantitative estimate of drug-likeness (QED) is 0.944. The predicted octanol–water partition coefficient (Wildman–Crippen LogP) is 2.60. The number of ether oxygens (including phenoxy) is 1. The second kappa shape index (κ2) is 5.79. The smallest absolute Gasteiger partial charge is 0.259 e. The molecule has 0 fully saturated rings. The molecule has 20 heavy (non-hydrogen) atoms. The van der Waals surface area contributed by atoms with Gasteiger partial charge in [-0.2, -0.15) is 0 Å². The van der Waals surface area contributed by atoms with Crippen molar-refractivity contribution >= 4 is 29.0 Å². The Labute approximate surface area is 121 Å². The number of amides is 1. The molecule has 0 atom stereocenters. The molecule has 2 rings (SSSR count). The van der Waals surface area contributed by atoms with Gasteiger partial charge in [-0.05, 0) is 18.2 Å². The molecule has 1 amide bonds. The molecule has 2 aromatic rings. The van der Waals surface area contributed by atoms with Crippen LogP contribution in [0.1, 0.15) is 10.4 Å². The van der Waals surface area contributed by atoms with Crippen molar-refractivity contribution in [2.45, 2.75) is 0 Å². The average molecular weight is 292 g/mol. The van der Waals surface area contributed by atoms with E-state index in [0.717, 1.165) is 0 Å². The number of aromatic nitrogens is 1. The summed E-state index contributed by atoms with van der Waals surface area (Å²) in [6, 6.07) is 8.74. The number of nitrogens with two attached hydrogens (primary N) is 1. The van der Waals surface area contributed by atoms with Gasteiger partial charge in [-0.3, -0.25) is 4.79 Å². The lowest BCUT2D eigenvalue weighted by Gasteiger charge is -2.20. The molecule has 0 aliphatic carbocycles. The molecule has 1 aromatic heterocycles. The number of rotatable bonds is 3. The van der Waals surface area contributed by atoms with Gasteiger partial charge in [0.05, 0.1) is 23.4 Å². The Morgan fingerprint density at radius 3 is 2.75 bits per heavy atom. The number of anilines is 2. The standard InChI is InChI=1S/C14H14ClN3O2/c1-18(11-5-3-4-6-12(11)20-2)14(19)9-7-10(15)13(16)17-8-9/h3-8H,1-2H3,(H2,16,17). The van der Waals surface area contributed by atoms with E-state index in [9.17, 15) is 4.79 Å². The van der Waals surface area contributed by atoms with E-state index >= 15 is 0 Å². The minimum Gasteiger partial charge on any atom is -0.495 e. The fourth-order valence-corrected chi connectivity index (χ4v) is 1.94. The van der Waals surface area contributed by atoms with E-state index in [1.165, 1.54) is 17.2 Å². The van der Waals surface area contributed by atoms with Crippen LogP contribution in [0.3, 0.4) is 0 Å². The molecule has 0 radical (unpaired) electrons. The SMILES string of the molecule is COc1ccccc1N(C)C(=O)c1cnc(N)c(Cl)c1. The van der Waals surface area contributed by atoms with Crippen molar-refractivity contribution in [3.8, 4) is 5.75 Å². The van der Waals surface area contributed by atoms with Gasteiger partial charge in [0.15, 0.2) is 0 Å². The number of para-hydroxylation sites is 2. The number of nitrogen functional groups attached to an aromatic ring is 1. The van der Waals surface area contributed by atoms with Gasteiger partial charge >= 0.3 is 0 Å². The summed E-state index contributed by atoms with van der Waals surface area (Å²) < 4.78 is 5.24. The Morgan fingerprint density at radius 2 is 2.10 bits per heavy atom. The van der Waals surface area contributed by atoms with Gasteiger partial charge in [-0.15, -0.1) is 0 Å². The average Bonchev–Trinajstić information content (AvgIpc) is 2.48. The third kappa shape index (κ3) is 2.67. The van der Waals surface area contributed by atoms with Gasteiger partial charge in [0, 0.05) is 13.2 Å². The largest absolute Gasteiger partial charge is 0.495 e. The Morgan fingerprint density at radius 1 is 1.40 bits per heavy atom. The van der Waals surface area contributed by atoms with Gasteiger partial charge in [-0.1, -0.05) is 23.7 Å². The molecule has 5 nitrogen and oxygen atoms in total. The molecule has 1 heterocycles. The molecule has 6 heteroatoms. The second-order valence-corrected chi connectivity index (χ2v) is 4.53. The van der Waals surface area contributed by atoms with Crippen LogP contribution in [-0.2, 0) is 0 Å². The first-order chi connectivity index (χ1) is 9.54. The van der Waals surface area contributed by atoms with E-state index in [0.29, 0.717) is 17.0 Å². The number of hydrogen-bond acceptors (Lipinski definition) is 4. The first-order valence-corrected chi connectivity index (χ1v) is 6.24. The number of benzene rings is 1. The molecule has 0 bridgehead atoms. The summed E-state index contributed by atoms with van der Waals surface area (Å²) in [5.74, 6) is 0.560. The Hall–Kier alpha value is -2.27. The number of hydrogen-bond donors (Lipinski definition) is 1. The highest BCUT2D eigenvalue weighted by atomic mass is 35.5. The molecule has 0 spiro atoms. The van der Waals surface area contributed by atoms with E-state index in [1.54, 1.807) is 26.3 Å². The van der Waals surface area contributed by atoms with E-state index in [-0.39, 0.29) is 16.7 Å². The molecule has 0 unspecified atom stereocenters. The molecular weight excluding hydrogens is 278 g/mol. The molecular formula is C14H14ClN3O2. The summed E-state index contributed by atoms with van der Waals surface area (Å²) >= 11 is 5.88. The monoisotopic (exact) mass is 291 g/mol. The van der Waals surface area contributed by atoms with Crippen LogP contribution in [0.15, 0.2) is 36.5 Å². The number of nitrogens with zero attached hydrogens (tertiary/aromatic N) is 2. The highest BCUT2D eigenvalue weighted by Crippen LogP contribution is 2.28. The summed E-state index contributed by atoms with van der Waals surface area (Å²) in [5.41, 5.74) is 6.55. The maximum atomic E-state index is 12.4. The summed E-state index contributed by atoms with van der Waals surface area (Å²) in [6.07, 6.45) is 1.40. The number of halogens is 1. The zero-order valence-electron chi connectivity index (χ0n) is 11.1. The molecule has 0 aliphatic heterocycles. The van der Waals surface area contributed by atoms with E-state index in [1.807, 2.05) is 12.1 Å². The van der Waals surface area contributed by atoms with Gasteiger partial charge in [0.1, 0.15) is 11.6 Å². The molecule has 2 N–H and O–H groups in total. The number of methoxy groups -OCH3 is 1. The summed E-state index contributed by atoms with van der Waals surface area (Å²) in [7, 11) is 3.21. The third-order valence-corrected chi connectivity index (χ3v) is 3.17. The van der Waals surface area contributed by atoms with Crippen molar-refractivity contribution in [1.82, 2.24) is 4.98 Å². The normalized spacial score (nSPS) is 10.2. The maximum absolute atomic E-state index is 12.4. The van der Waals surface area contributed by atoms with Crippen LogP contribution < -0.4 is 15.4 Å². The van der Waals surface area contributed by atoms with Crippen LogP contribution in [-0.4, -0.2) is 25.0 Å². The minimum atomic E-state index is -0.246. The Balaban J connectivity index is 2.34. The van der Waals surface area contributed by atoms with E-state index in [4.69, 9.17) is 22.1 Å². The molecule has 0 saturated heterocycles. The Kier molecular flexibility index (Phi) is 4.10. The fraction of sp³-hybridized carbons (Fsp3) is 0.143. The first-order valence-electron chi connectivity index (χ1n) is 5.86. The topological polar surface area (TPSA) is 68.5 Å². The van der Waals surface area contributed by atoms with Crippen molar-refractivity contribution in [2.75, 3.05) is 24.8 Å². The van der Waals surface area contributed by atoms with Crippen LogP contribution in [0, 0.1) is 0 Å². The van der Waals surface area contributed by atoms with E-state index in [2.05, 4.69) is 4.98 Å². The van der Waals surface area contributed by atoms with Gasteiger partial charge < -0.3 is 15.4 Å². The second-order valence-electron chi connectivity index (χ2n) is 4.13. The van der Waals surface area contributed by atoms with Crippen molar-refractivity contribution in [3.63, 3.8) is 0 Å². The van der Waals surface area contributed by atoms with Crippen LogP contribution in [0.2, 0.25) is 5.02 Å². The van der Waals surface area contributed by atoms with Crippen LogP contribution >= 0.6 is 11.6 Å². The minimum absolute atomic E-state index is 0.197. The third-order valence-electron chi connectivity index (χ3n) is 2.87. The lowest BCUT2D eigenvalue weighted by molar-refractivity contribution is 0.0992. The van der Waals surface area contributed by atoms with Crippen LogP contribution in [0.4, 0.5) is 11.5 Å². The number of carbonyl (C=O) groups is 1. The van der Waals surface area contributed by atoms with Crippen molar-refractivity contribution in [3.05, 3.63) is 47.1 Å². The Bertz CT molecular complexity index is 646. The molecule has 1 aromatic carbocycles. The molecule has 104 valence electrons. The summed E-state index contributed by atoms with van der Waals surface area (Å²) in [5, 5.41) is 0.254. The zero-order valence-corrected chi connectivity index (χ0v) is 11.9. The maximum Gasteiger partial charge on any atom is 0.259 e. The fourth-order valence-electron chi connectivity index (χ4n) is 1.78.